The maximum atomic E-state index is 12.5. The van der Waals surface area contributed by atoms with Gasteiger partial charge in [-0.25, -0.2) is 9.59 Å². The Hall–Kier alpha value is -4.70. The summed E-state index contributed by atoms with van der Waals surface area (Å²) in [5, 5.41) is 42.9. The SMILES string of the molecule is CC(C)(C)OC(=O)NCc1cccc(CC(=O)NC(=N)SC(=N)CCCCC(=N)SC(=N)NC(=O)Cc2cccc(CNC(=O)OC(C)(C)C)c2)c1. The summed E-state index contributed by atoms with van der Waals surface area (Å²) in [6.45, 7) is 11.1. The molecule has 0 unspecified atom stereocenters. The van der Waals surface area contributed by atoms with Crippen molar-refractivity contribution in [3.63, 3.8) is 0 Å². The van der Waals surface area contributed by atoms with Crippen LogP contribution in [-0.4, -0.2) is 55.6 Å². The monoisotopic (exact) mass is 754 g/mol. The van der Waals surface area contributed by atoms with Crippen LogP contribution in [0.15, 0.2) is 48.5 Å². The lowest BCUT2D eigenvalue weighted by Crippen LogP contribution is -2.32. The molecule has 2 rings (SSSR count). The number of amidine groups is 2. The lowest BCUT2D eigenvalue weighted by atomic mass is 10.1. The fourth-order valence-corrected chi connectivity index (χ4v) is 5.67. The van der Waals surface area contributed by atoms with Crippen molar-refractivity contribution in [2.24, 2.45) is 0 Å². The zero-order chi connectivity index (χ0) is 38.9. The second kappa shape index (κ2) is 21.0. The zero-order valence-corrected chi connectivity index (χ0v) is 32.2. The third-order valence-corrected chi connectivity index (χ3v) is 7.91. The third-order valence-electron chi connectivity index (χ3n) is 6.40. The molecule has 0 fully saturated rings. The molecule has 0 aliphatic heterocycles. The Morgan fingerprint density at radius 1 is 0.596 bits per heavy atom. The van der Waals surface area contributed by atoms with Crippen LogP contribution in [0, 0.1) is 21.6 Å². The first kappa shape index (κ1) is 43.5. The van der Waals surface area contributed by atoms with E-state index in [1.54, 1.807) is 77.9 Å². The molecule has 16 heteroatoms. The summed E-state index contributed by atoms with van der Waals surface area (Å²) >= 11 is 1.70. The van der Waals surface area contributed by atoms with Gasteiger partial charge in [0.1, 0.15) is 11.2 Å². The number of unbranched alkanes of at least 4 members (excludes halogenated alkanes) is 1. The van der Waals surface area contributed by atoms with E-state index in [1.165, 1.54) is 0 Å². The van der Waals surface area contributed by atoms with E-state index >= 15 is 0 Å². The molecule has 2 aromatic carbocycles. The lowest BCUT2D eigenvalue weighted by Gasteiger charge is -2.19. The van der Waals surface area contributed by atoms with Gasteiger partial charge in [0.2, 0.25) is 11.8 Å². The number of rotatable bonds is 13. The van der Waals surface area contributed by atoms with Crippen LogP contribution >= 0.6 is 23.5 Å². The van der Waals surface area contributed by atoms with Crippen LogP contribution in [0.25, 0.3) is 0 Å². The van der Waals surface area contributed by atoms with Gasteiger partial charge < -0.3 is 30.7 Å². The smallest absolute Gasteiger partial charge is 0.407 e. The molecule has 2 aromatic rings. The Morgan fingerprint density at radius 3 is 1.29 bits per heavy atom. The van der Waals surface area contributed by atoms with Gasteiger partial charge in [0, 0.05) is 13.1 Å². The van der Waals surface area contributed by atoms with Crippen LogP contribution in [0.5, 0.6) is 0 Å². The topological polar surface area (TPSA) is 230 Å². The van der Waals surface area contributed by atoms with Crippen molar-refractivity contribution >= 4 is 67.9 Å². The average molecular weight is 755 g/mol. The molecule has 0 bridgehead atoms. The van der Waals surface area contributed by atoms with Crippen molar-refractivity contribution in [2.75, 3.05) is 0 Å². The van der Waals surface area contributed by atoms with Crippen molar-refractivity contribution in [2.45, 2.75) is 104 Å². The largest absolute Gasteiger partial charge is 0.444 e. The van der Waals surface area contributed by atoms with E-state index in [9.17, 15) is 19.2 Å². The van der Waals surface area contributed by atoms with Gasteiger partial charge in [-0.1, -0.05) is 48.5 Å². The first-order valence-corrected chi connectivity index (χ1v) is 18.3. The quantitative estimate of drug-likeness (QED) is 0.0629. The summed E-state index contributed by atoms with van der Waals surface area (Å²) < 4.78 is 10.5. The molecule has 0 heterocycles. The molecular formula is C36H50N8O6S2. The molecule has 0 aliphatic carbocycles. The fourth-order valence-electron chi connectivity index (χ4n) is 4.36. The van der Waals surface area contributed by atoms with E-state index in [0.717, 1.165) is 34.7 Å². The number of hydrogen-bond donors (Lipinski definition) is 8. The minimum Gasteiger partial charge on any atom is -0.444 e. The van der Waals surface area contributed by atoms with Gasteiger partial charge in [-0.2, -0.15) is 0 Å². The second-order valence-corrected chi connectivity index (χ2v) is 15.9. The summed E-state index contributed by atoms with van der Waals surface area (Å²) in [6, 6.07) is 14.3. The first-order valence-electron chi connectivity index (χ1n) is 16.6. The fraction of sp³-hybridized carbons (Fsp3) is 0.444. The number of amides is 4. The highest BCUT2D eigenvalue weighted by Gasteiger charge is 2.17. The van der Waals surface area contributed by atoms with Gasteiger partial charge in [-0.15, -0.1) is 0 Å². The minimum atomic E-state index is -0.607. The molecule has 0 saturated heterocycles. The van der Waals surface area contributed by atoms with Gasteiger partial charge >= 0.3 is 12.2 Å². The van der Waals surface area contributed by atoms with Gasteiger partial charge in [-0.05, 0) is 113 Å². The van der Waals surface area contributed by atoms with Gasteiger partial charge in [0.25, 0.3) is 0 Å². The number of benzene rings is 2. The number of ether oxygens (including phenoxy) is 2. The van der Waals surface area contributed by atoms with Crippen LogP contribution in [-0.2, 0) is 45.0 Å². The van der Waals surface area contributed by atoms with E-state index in [0.29, 0.717) is 36.8 Å². The van der Waals surface area contributed by atoms with Crippen molar-refractivity contribution in [3.8, 4) is 0 Å². The van der Waals surface area contributed by atoms with Crippen LogP contribution in [0.4, 0.5) is 9.59 Å². The standard InChI is InChI=1S/C36H50N8O6S2/c1-35(2,3)49-33(47)41-21-25-13-9-11-23(17-25)19-29(45)43-31(39)51-27(37)15-7-8-16-28(38)52-32(40)44-30(46)20-24-12-10-14-26(18-24)22-42-34(48)50-36(4,5)6/h9-14,17-18,37-38H,7-8,15-16,19-22H2,1-6H3,(H,41,47)(H,42,48)(H2,39,43,45)(H2,40,44,46). The van der Waals surface area contributed by atoms with Crippen LogP contribution < -0.4 is 21.3 Å². The molecule has 14 nitrogen and oxygen atoms in total. The second-order valence-electron chi connectivity index (χ2n) is 13.7. The summed E-state index contributed by atoms with van der Waals surface area (Å²) in [7, 11) is 0. The number of thioether (sulfide) groups is 2. The van der Waals surface area contributed by atoms with Crippen molar-refractivity contribution in [1.29, 1.82) is 21.6 Å². The highest BCUT2D eigenvalue weighted by molar-refractivity contribution is 8.26. The summed E-state index contributed by atoms with van der Waals surface area (Å²) in [5.74, 6) is -0.799. The minimum absolute atomic E-state index is 0.0219. The molecule has 4 amide bonds. The van der Waals surface area contributed by atoms with Gasteiger partial charge in [-0.3, -0.25) is 31.2 Å². The molecule has 0 aliphatic rings. The lowest BCUT2D eigenvalue weighted by molar-refractivity contribution is -0.119. The van der Waals surface area contributed by atoms with E-state index in [1.807, 2.05) is 12.1 Å². The maximum Gasteiger partial charge on any atom is 0.407 e. The van der Waals surface area contributed by atoms with E-state index in [4.69, 9.17) is 31.1 Å². The van der Waals surface area contributed by atoms with Gasteiger partial charge in [0.15, 0.2) is 10.3 Å². The van der Waals surface area contributed by atoms with Crippen molar-refractivity contribution < 1.29 is 28.7 Å². The Balaban J connectivity index is 1.63. The molecule has 0 atom stereocenters. The highest BCUT2D eigenvalue weighted by Crippen LogP contribution is 2.16. The molecule has 8 N–H and O–H groups in total. The number of hydrogen-bond acceptors (Lipinski definition) is 12. The predicted octanol–water partition coefficient (Wildman–Crippen LogP) is 6.60. The van der Waals surface area contributed by atoms with E-state index in [-0.39, 0.29) is 46.4 Å². The molecule has 282 valence electrons. The summed E-state index contributed by atoms with van der Waals surface area (Å²) in [4.78, 5) is 48.8. The Kier molecular flexibility index (Phi) is 17.5. The number of carbonyl (C=O) groups is 4. The van der Waals surface area contributed by atoms with Gasteiger partial charge in [0.05, 0.1) is 22.9 Å². The molecular weight excluding hydrogens is 705 g/mol. The van der Waals surface area contributed by atoms with Crippen LogP contribution in [0.2, 0.25) is 0 Å². The van der Waals surface area contributed by atoms with Crippen LogP contribution in [0.3, 0.4) is 0 Å². The average Bonchev–Trinajstić information content (AvgIpc) is 2.99. The highest BCUT2D eigenvalue weighted by atomic mass is 32.2. The molecule has 0 aromatic heterocycles. The number of alkyl carbamates (subject to hydrolysis) is 2. The zero-order valence-electron chi connectivity index (χ0n) is 30.5. The third kappa shape index (κ3) is 20.2. The first-order chi connectivity index (χ1) is 24.3. The molecule has 0 saturated carbocycles. The normalized spacial score (nSPS) is 11.1. The molecule has 0 spiro atoms. The van der Waals surface area contributed by atoms with E-state index in [2.05, 4.69) is 21.3 Å². The van der Waals surface area contributed by atoms with Crippen molar-refractivity contribution in [3.05, 3.63) is 70.8 Å². The maximum absolute atomic E-state index is 12.5. The van der Waals surface area contributed by atoms with Crippen molar-refractivity contribution in [1.82, 2.24) is 21.3 Å². The van der Waals surface area contributed by atoms with E-state index < -0.39 is 35.2 Å². The number of nitrogens with one attached hydrogen (secondary N) is 8. The molecule has 0 radical (unpaired) electrons. The molecule has 52 heavy (non-hydrogen) atoms. The Labute approximate surface area is 313 Å². The summed E-state index contributed by atoms with van der Waals surface area (Å²) in [5.41, 5.74) is 1.78. The predicted molar refractivity (Wildman–Crippen MR) is 207 cm³/mol. The Bertz CT molecular complexity index is 1520. The Morgan fingerprint density at radius 2 is 0.942 bits per heavy atom. The summed E-state index contributed by atoms with van der Waals surface area (Å²) in [6.07, 6.45) is 0.819. The number of carbonyl (C=O) groups excluding carboxylic acids is 4. The van der Waals surface area contributed by atoms with Crippen LogP contribution in [0.1, 0.15) is 89.5 Å².